The average molecular weight is 1050 g/mol. The van der Waals surface area contributed by atoms with Crippen molar-refractivity contribution in [1.29, 1.82) is 0 Å². The van der Waals surface area contributed by atoms with E-state index in [4.69, 9.17) is 9.97 Å². The van der Waals surface area contributed by atoms with Gasteiger partial charge in [0, 0.05) is 13.1 Å². The largest absolute Gasteiger partial charge is 0.291 e. The number of benzene rings is 1. The van der Waals surface area contributed by atoms with Crippen LogP contribution in [0.15, 0.2) is 56.7 Å². The smallest absolute Gasteiger partial charge is 0.261 e. The lowest BCUT2D eigenvalue weighted by molar-refractivity contribution is 0.353. The molecule has 4 heterocycles. The van der Waals surface area contributed by atoms with Gasteiger partial charge in [-0.2, -0.15) is 0 Å². The fraction of sp³-hybridized carbons (Fsp3) is 0.727. The van der Waals surface area contributed by atoms with Gasteiger partial charge in [-0.05, 0) is 72.5 Å². The highest BCUT2D eigenvalue weighted by Gasteiger charge is 2.23. The van der Waals surface area contributed by atoms with E-state index in [1.807, 2.05) is 21.3 Å². The van der Waals surface area contributed by atoms with Crippen LogP contribution in [0.1, 0.15) is 285 Å². The van der Waals surface area contributed by atoms with Gasteiger partial charge in [0.2, 0.25) is 0 Å². The van der Waals surface area contributed by atoms with Crippen LogP contribution in [-0.2, 0) is 13.1 Å². The first-order valence-electron chi connectivity index (χ1n) is 31.6. The van der Waals surface area contributed by atoms with E-state index >= 15 is 9.59 Å². The number of unbranched alkanes of at least 4 members (excludes halogenated alkanes) is 32. The molecular weight excluding hydrogens is 945 g/mol. The van der Waals surface area contributed by atoms with Gasteiger partial charge in [-0.15, -0.1) is 22.7 Å². The Kier molecular flexibility index (Phi) is 32.1. The Hall–Kier alpha value is -3.10. The maximum absolute atomic E-state index is 15.1. The molecular formula is C66H106N4O2S2. The molecule has 1 aromatic carbocycles. The third-order valence-corrected chi connectivity index (χ3v) is 18.0. The van der Waals surface area contributed by atoms with Gasteiger partial charge in [0.05, 0.1) is 31.6 Å². The van der Waals surface area contributed by atoms with Crippen LogP contribution in [0, 0.1) is 11.8 Å². The summed E-state index contributed by atoms with van der Waals surface area (Å²) in [4.78, 5) is 43.0. The second kappa shape index (κ2) is 38.4. The van der Waals surface area contributed by atoms with Gasteiger partial charge in [0.15, 0.2) is 11.6 Å². The number of rotatable bonds is 46. The van der Waals surface area contributed by atoms with Crippen molar-refractivity contribution in [3.63, 3.8) is 0 Å². The molecule has 0 N–H and O–H groups in total. The van der Waals surface area contributed by atoms with Gasteiger partial charge in [0.25, 0.3) is 11.1 Å². The lowest BCUT2D eigenvalue weighted by Crippen LogP contribution is -2.28. The Morgan fingerprint density at radius 3 is 0.878 bits per heavy atom. The number of hydrogen-bond acceptors (Lipinski definition) is 6. The molecule has 0 spiro atoms. The molecule has 4 aromatic heterocycles. The Morgan fingerprint density at radius 1 is 0.378 bits per heavy atom. The third-order valence-electron chi connectivity index (χ3n) is 16.3. The first-order valence-corrected chi connectivity index (χ1v) is 33.3. The summed E-state index contributed by atoms with van der Waals surface area (Å²) in [5.74, 6) is 2.31. The molecule has 2 unspecified atom stereocenters. The number of hydrogen-bond donors (Lipinski definition) is 0. The van der Waals surface area contributed by atoms with E-state index in [1.54, 1.807) is 22.7 Å². The lowest BCUT2D eigenvalue weighted by atomic mass is 9.93. The van der Waals surface area contributed by atoms with Crippen LogP contribution in [-0.4, -0.2) is 19.1 Å². The van der Waals surface area contributed by atoms with Crippen LogP contribution in [0.3, 0.4) is 0 Å². The molecule has 0 saturated carbocycles. The van der Waals surface area contributed by atoms with E-state index in [9.17, 15) is 0 Å². The molecule has 0 aliphatic rings. The van der Waals surface area contributed by atoms with Gasteiger partial charge in [-0.25, -0.2) is 9.97 Å². The molecule has 5 aromatic rings. The Balaban J connectivity index is 1.40. The molecule has 74 heavy (non-hydrogen) atoms. The van der Waals surface area contributed by atoms with E-state index in [2.05, 4.69) is 62.7 Å². The second-order valence-corrected chi connectivity index (χ2v) is 24.6. The summed E-state index contributed by atoms with van der Waals surface area (Å²) in [5, 5.41) is 5.31. The zero-order chi connectivity index (χ0) is 52.3. The van der Waals surface area contributed by atoms with Gasteiger partial charge in [0.1, 0.15) is 0 Å². The Labute approximate surface area is 459 Å². The van der Waals surface area contributed by atoms with E-state index in [1.165, 1.54) is 231 Å². The van der Waals surface area contributed by atoms with Crippen molar-refractivity contribution in [2.45, 2.75) is 298 Å². The van der Waals surface area contributed by atoms with Crippen molar-refractivity contribution in [2.75, 3.05) is 0 Å². The predicted octanol–water partition coefficient (Wildman–Crippen LogP) is 21.5. The van der Waals surface area contributed by atoms with Crippen molar-refractivity contribution in [2.24, 2.45) is 11.8 Å². The fourth-order valence-electron chi connectivity index (χ4n) is 11.6. The third kappa shape index (κ3) is 22.5. The molecule has 5 rings (SSSR count). The Morgan fingerprint density at radius 2 is 0.635 bits per heavy atom. The second-order valence-electron chi connectivity index (χ2n) is 22.7. The molecule has 6 nitrogen and oxygen atoms in total. The molecule has 414 valence electrons. The maximum atomic E-state index is 15.1. The highest BCUT2D eigenvalue weighted by Crippen LogP contribution is 2.31. The number of fused-ring (bicyclic) bond motifs is 2. The Bertz CT molecular complexity index is 2130. The number of thiophene rings is 2. The minimum atomic E-state index is -0.00475. The van der Waals surface area contributed by atoms with Crippen LogP contribution in [0.4, 0.5) is 0 Å². The SMILES string of the molecule is CCCCCCCCCCCCC(CCCCCCCCCC)Cn1c(-c2cccs2)nc2cc3c(=O)n(CC(CCCCCCCCCC)CCCCCCCCCCCC)c(-c4cccs4)nc3cc2c1=O. The summed E-state index contributed by atoms with van der Waals surface area (Å²) in [7, 11) is 0. The molecule has 0 fully saturated rings. The predicted molar refractivity (Wildman–Crippen MR) is 327 cm³/mol. The van der Waals surface area contributed by atoms with Crippen molar-refractivity contribution < 1.29 is 0 Å². The zero-order valence-electron chi connectivity index (χ0n) is 47.9. The molecule has 0 aliphatic heterocycles. The molecule has 0 radical (unpaired) electrons. The van der Waals surface area contributed by atoms with Crippen LogP contribution < -0.4 is 11.1 Å². The summed E-state index contributed by atoms with van der Waals surface area (Å²) in [6, 6.07) is 12.2. The molecule has 0 bridgehead atoms. The van der Waals surface area contributed by atoms with E-state index < -0.39 is 0 Å². The summed E-state index contributed by atoms with van der Waals surface area (Å²) in [5.41, 5.74) is 1.20. The number of aromatic nitrogens is 4. The first-order chi connectivity index (χ1) is 36.5. The fourth-order valence-corrected chi connectivity index (χ4v) is 13.1. The minimum Gasteiger partial charge on any atom is -0.291 e. The molecule has 2 atom stereocenters. The van der Waals surface area contributed by atoms with Gasteiger partial charge in [-0.3, -0.25) is 18.7 Å². The minimum absolute atomic E-state index is 0.00475. The van der Waals surface area contributed by atoms with E-state index in [0.717, 1.165) is 47.1 Å². The molecule has 0 amide bonds. The highest BCUT2D eigenvalue weighted by atomic mass is 32.1. The normalized spacial score (nSPS) is 12.7. The van der Waals surface area contributed by atoms with Crippen molar-refractivity contribution >= 4 is 44.5 Å². The van der Waals surface area contributed by atoms with E-state index in [0.29, 0.717) is 46.7 Å². The van der Waals surface area contributed by atoms with Crippen molar-refractivity contribution in [3.05, 3.63) is 67.9 Å². The van der Waals surface area contributed by atoms with Crippen LogP contribution in [0.25, 0.3) is 43.2 Å². The van der Waals surface area contributed by atoms with Crippen molar-refractivity contribution in [1.82, 2.24) is 19.1 Å². The average Bonchev–Trinajstić information content (AvgIpc) is 4.16. The quantitative estimate of drug-likeness (QED) is 0.0288. The highest BCUT2D eigenvalue weighted by molar-refractivity contribution is 7.13. The number of nitrogens with zero attached hydrogens (tertiary/aromatic N) is 4. The lowest BCUT2D eigenvalue weighted by Gasteiger charge is -2.22. The summed E-state index contributed by atoms with van der Waals surface area (Å²) < 4.78 is 4.02. The molecule has 8 heteroatoms. The van der Waals surface area contributed by atoms with Crippen LogP contribution in [0.2, 0.25) is 0 Å². The maximum Gasteiger partial charge on any atom is 0.261 e. The monoisotopic (exact) mass is 1050 g/mol. The topological polar surface area (TPSA) is 69.8 Å². The van der Waals surface area contributed by atoms with Crippen LogP contribution in [0.5, 0.6) is 0 Å². The molecule has 0 saturated heterocycles. The standard InChI is InChI=1S/C66H106N4O2S2/c1-5-9-13-17-21-25-27-31-35-39-45-55(43-37-33-29-23-19-15-11-7-3)53-69-63(61-47-41-49-73-61)67-59-52-58-60(51-57(59)65(69)71)68-64(62-48-42-50-74-62)70(66(58)72)54-56(44-38-34-30-24-20-16-12-8-4)46-40-36-32-28-26-22-18-14-10-6-2/h41-42,47-52,55-56H,5-40,43-46,53-54H2,1-4H3. The van der Waals surface area contributed by atoms with Gasteiger partial charge < -0.3 is 0 Å². The van der Waals surface area contributed by atoms with Gasteiger partial charge >= 0.3 is 0 Å². The first kappa shape index (κ1) is 61.7. The summed E-state index contributed by atoms with van der Waals surface area (Å²) >= 11 is 3.30. The molecule has 0 aliphatic carbocycles. The van der Waals surface area contributed by atoms with Crippen LogP contribution >= 0.6 is 22.7 Å². The summed E-state index contributed by atoms with van der Waals surface area (Å²) in [6.07, 6.45) is 52.1. The van der Waals surface area contributed by atoms with Gasteiger partial charge in [-0.1, -0.05) is 271 Å². The van der Waals surface area contributed by atoms with E-state index in [-0.39, 0.29) is 11.1 Å². The van der Waals surface area contributed by atoms with Crippen molar-refractivity contribution in [3.8, 4) is 21.4 Å². The zero-order valence-corrected chi connectivity index (χ0v) is 49.5. The summed E-state index contributed by atoms with van der Waals surface area (Å²) in [6.45, 7) is 10.5.